The Morgan fingerprint density at radius 2 is 1.87 bits per heavy atom. The lowest BCUT2D eigenvalue weighted by Gasteiger charge is -2.20. The van der Waals surface area contributed by atoms with Gasteiger partial charge < -0.3 is 9.73 Å². The highest BCUT2D eigenvalue weighted by Crippen LogP contribution is 2.32. The summed E-state index contributed by atoms with van der Waals surface area (Å²) >= 11 is 6.38. The van der Waals surface area contributed by atoms with Gasteiger partial charge in [0.15, 0.2) is 5.82 Å². The molecule has 0 aliphatic rings. The van der Waals surface area contributed by atoms with Gasteiger partial charge in [-0.2, -0.15) is 5.10 Å². The predicted octanol–water partition coefficient (Wildman–Crippen LogP) is 6.23. The smallest absolute Gasteiger partial charge is 0.320 e. The molecule has 0 unspecified atom stereocenters. The highest BCUT2D eigenvalue weighted by atomic mass is 35.5. The third-order valence-corrected chi connectivity index (χ3v) is 4.97. The summed E-state index contributed by atoms with van der Waals surface area (Å²) in [5.41, 5.74) is 3.28. The summed E-state index contributed by atoms with van der Waals surface area (Å²) in [5, 5.41) is 11.8. The number of hydrogen-bond donors (Lipinski definition) is 2. The Kier molecular flexibility index (Phi) is 5.50. The average molecular weight is 437 g/mol. The van der Waals surface area contributed by atoms with Crippen LogP contribution >= 0.6 is 11.6 Å². The lowest BCUT2D eigenvalue weighted by Crippen LogP contribution is -2.43. The highest BCUT2D eigenvalue weighted by Gasteiger charge is 2.17. The maximum atomic E-state index is 12.2. The van der Waals surface area contributed by atoms with Gasteiger partial charge in [0.2, 0.25) is 0 Å². The summed E-state index contributed by atoms with van der Waals surface area (Å²) in [4.78, 5) is 12.2. The van der Waals surface area contributed by atoms with Crippen LogP contribution in [0, 0.1) is 6.92 Å². The van der Waals surface area contributed by atoms with Crippen molar-refractivity contribution in [3.8, 4) is 11.3 Å². The lowest BCUT2D eigenvalue weighted by molar-refractivity contribution is 0.243. The molecule has 2 aromatic heterocycles. The molecule has 0 spiro atoms. The van der Waals surface area contributed by atoms with Crippen molar-refractivity contribution < 1.29 is 9.21 Å². The first-order valence-electron chi connectivity index (χ1n) is 10.1. The van der Waals surface area contributed by atoms with Crippen molar-refractivity contribution in [2.24, 2.45) is 0 Å². The molecule has 31 heavy (non-hydrogen) atoms. The zero-order chi connectivity index (χ0) is 22.2. The number of aromatic nitrogens is 2. The summed E-state index contributed by atoms with van der Waals surface area (Å²) in [6.45, 7) is 8.18. The molecule has 2 N–H and O–H groups in total. The van der Waals surface area contributed by atoms with Crippen molar-refractivity contribution >= 4 is 34.4 Å². The highest BCUT2D eigenvalue weighted by molar-refractivity contribution is 6.31. The third kappa shape index (κ3) is 4.91. The fourth-order valence-corrected chi connectivity index (χ4v) is 3.68. The van der Waals surface area contributed by atoms with E-state index in [1.807, 2.05) is 87.0 Å². The van der Waals surface area contributed by atoms with E-state index in [1.54, 1.807) is 0 Å². The normalized spacial score (nSPS) is 11.6. The molecule has 4 rings (SSSR count). The fourth-order valence-electron chi connectivity index (χ4n) is 3.43. The number of rotatable bonds is 4. The van der Waals surface area contributed by atoms with Gasteiger partial charge in [-0.25, -0.2) is 4.79 Å². The van der Waals surface area contributed by atoms with Crippen molar-refractivity contribution in [2.75, 3.05) is 5.32 Å². The molecule has 0 aliphatic heterocycles. The van der Waals surface area contributed by atoms with Crippen LogP contribution in [0.4, 0.5) is 10.6 Å². The van der Waals surface area contributed by atoms with Gasteiger partial charge in [0, 0.05) is 38.8 Å². The number of fused-ring (bicyclic) bond motifs is 1. The number of halogens is 1. The quantitative estimate of drug-likeness (QED) is 0.398. The Labute approximate surface area is 186 Å². The molecular weight excluding hydrogens is 412 g/mol. The second kappa shape index (κ2) is 8.12. The van der Waals surface area contributed by atoms with Crippen LogP contribution in [0.3, 0.4) is 0 Å². The van der Waals surface area contributed by atoms with Crippen LogP contribution in [0.5, 0.6) is 0 Å². The first kappa shape index (κ1) is 21.0. The van der Waals surface area contributed by atoms with Gasteiger partial charge in [-0.3, -0.25) is 10.00 Å². The number of nitrogens with zero attached hydrogens (tertiary/aromatic N) is 2. The zero-order valence-corrected chi connectivity index (χ0v) is 18.7. The van der Waals surface area contributed by atoms with E-state index in [4.69, 9.17) is 16.0 Å². The lowest BCUT2D eigenvalue weighted by atomic mass is 10.1. The summed E-state index contributed by atoms with van der Waals surface area (Å²) in [6, 6.07) is 17.3. The van der Waals surface area contributed by atoms with E-state index in [0.29, 0.717) is 17.4 Å². The maximum absolute atomic E-state index is 12.2. The van der Waals surface area contributed by atoms with E-state index in [-0.39, 0.29) is 11.6 Å². The molecule has 2 amide bonds. The van der Waals surface area contributed by atoms with Gasteiger partial charge in [-0.1, -0.05) is 41.9 Å². The van der Waals surface area contributed by atoms with Crippen LogP contribution in [0.1, 0.15) is 32.0 Å². The minimum Gasteiger partial charge on any atom is -0.456 e. The molecule has 4 aromatic rings. The van der Waals surface area contributed by atoms with Crippen molar-refractivity contribution in [1.82, 2.24) is 15.1 Å². The number of carbonyl (C=O) groups excluding carboxylic acids is 1. The van der Waals surface area contributed by atoms with Crippen molar-refractivity contribution in [2.45, 2.75) is 39.8 Å². The van der Waals surface area contributed by atoms with E-state index in [2.05, 4.69) is 15.7 Å². The molecule has 7 heteroatoms. The molecule has 0 saturated carbocycles. The number of amides is 2. The Hall–Kier alpha value is -3.25. The summed E-state index contributed by atoms with van der Waals surface area (Å²) < 4.78 is 8.02. The Bertz CT molecular complexity index is 1240. The first-order valence-corrected chi connectivity index (χ1v) is 10.5. The van der Waals surface area contributed by atoms with Crippen LogP contribution in [0.25, 0.3) is 22.3 Å². The average Bonchev–Trinajstić information content (AvgIpc) is 3.24. The second-order valence-electron chi connectivity index (χ2n) is 8.62. The second-order valence-corrected chi connectivity index (χ2v) is 9.05. The number of furan rings is 1. The van der Waals surface area contributed by atoms with Gasteiger partial charge in [-0.15, -0.1) is 0 Å². The minimum atomic E-state index is -0.330. The van der Waals surface area contributed by atoms with Gasteiger partial charge in [0.05, 0.1) is 6.54 Å². The molecule has 0 aliphatic carbocycles. The van der Waals surface area contributed by atoms with Gasteiger partial charge in [-0.05, 0) is 45.9 Å². The Balaban J connectivity index is 1.62. The predicted molar refractivity (Wildman–Crippen MR) is 125 cm³/mol. The van der Waals surface area contributed by atoms with E-state index in [1.165, 1.54) is 0 Å². The van der Waals surface area contributed by atoms with Crippen molar-refractivity contribution in [3.05, 3.63) is 70.9 Å². The van der Waals surface area contributed by atoms with E-state index in [0.717, 1.165) is 33.6 Å². The number of hydrogen-bond acceptors (Lipinski definition) is 3. The SMILES string of the molecule is Cc1cc(NC(=O)NC(C)(C)C)nn1Cc1cc(Cl)cc2cc(-c3ccccc3)oc12. The monoisotopic (exact) mass is 436 g/mol. The fraction of sp³-hybridized carbons (Fsp3) is 0.250. The Morgan fingerprint density at radius 1 is 1.13 bits per heavy atom. The van der Waals surface area contributed by atoms with Gasteiger partial charge >= 0.3 is 6.03 Å². The van der Waals surface area contributed by atoms with E-state index in [9.17, 15) is 4.79 Å². The van der Waals surface area contributed by atoms with E-state index >= 15 is 0 Å². The number of nitrogens with one attached hydrogen (secondary N) is 2. The molecule has 160 valence electrons. The Morgan fingerprint density at radius 3 is 2.58 bits per heavy atom. The van der Waals surface area contributed by atoms with Crippen LogP contribution in [0.15, 0.2) is 59.0 Å². The maximum Gasteiger partial charge on any atom is 0.320 e. The molecule has 0 atom stereocenters. The molecule has 0 bridgehead atoms. The molecule has 2 heterocycles. The molecule has 6 nitrogen and oxygen atoms in total. The number of benzene rings is 2. The standard InChI is InChI=1S/C24H25ClN4O2/c1-15-10-21(26-23(30)27-24(2,3)4)28-29(15)14-18-12-19(25)11-17-13-20(31-22(17)18)16-8-6-5-7-9-16/h5-13H,14H2,1-4H3,(H2,26,27,28,30). The summed E-state index contributed by atoms with van der Waals surface area (Å²) in [7, 11) is 0. The molecular formula is C24H25ClN4O2. The molecule has 2 aromatic carbocycles. The van der Waals surface area contributed by atoms with Gasteiger partial charge in [0.25, 0.3) is 0 Å². The number of anilines is 1. The third-order valence-electron chi connectivity index (χ3n) is 4.75. The molecule has 0 radical (unpaired) electrons. The summed E-state index contributed by atoms with van der Waals surface area (Å²) in [5.74, 6) is 1.28. The summed E-state index contributed by atoms with van der Waals surface area (Å²) in [6.07, 6.45) is 0. The van der Waals surface area contributed by atoms with Crippen LogP contribution in [-0.2, 0) is 6.54 Å². The van der Waals surface area contributed by atoms with E-state index < -0.39 is 0 Å². The number of carbonyl (C=O) groups is 1. The minimum absolute atomic E-state index is 0.291. The van der Waals surface area contributed by atoms with Crippen molar-refractivity contribution in [3.63, 3.8) is 0 Å². The number of urea groups is 1. The van der Waals surface area contributed by atoms with Crippen molar-refractivity contribution in [1.29, 1.82) is 0 Å². The first-order chi connectivity index (χ1) is 14.7. The largest absolute Gasteiger partial charge is 0.456 e. The van der Waals surface area contributed by atoms with Crippen LogP contribution < -0.4 is 10.6 Å². The number of aryl methyl sites for hydroxylation is 1. The van der Waals surface area contributed by atoms with Crippen LogP contribution in [-0.4, -0.2) is 21.4 Å². The zero-order valence-electron chi connectivity index (χ0n) is 18.0. The topological polar surface area (TPSA) is 72.1 Å². The molecule has 0 saturated heterocycles. The molecule has 0 fully saturated rings. The van der Waals surface area contributed by atoms with Crippen LogP contribution in [0.2, 0.25) is 5.02 Å². The van der Waals surface area contributed by atoms with Gasteiger partial charge in [0.1, 0.15) is 11.3 Å².